The molecule has 0 aliphatic rings. The topological polar surface area (TPSA) is 9.23 Å². The molecule has 0 aliphatic heterocycles. The van der Waals surface area contributed by atoms with Crippen molar-refractivity contribution >= 4 is 11.6 Å². The fourth-order valence-electron chi connectivity index (χ4n) is 1.71. The van der Waals surface area contributed by atoms with Gasteiger partial charge in [0, 0.05) is 5.02 Å². The molecule has 0 saturated heterocycles. The lowest BCUT2D eigenvalue weighted by Crippen LogP contribution is -1.88. The summed E-state index contributed by atoms with van der Waals surface area (Å²) >= 11 is 6.12. The van der Waals surface area contributed by atoms with Crippen LogP contribution in [0, 0.1) is 20.8 Å². The first-order valence-corrected chi connectivity index (χ1v) is 5.95. The fraction of sp³-hybridized carbons (Fsp3) is 0.200. The van der Waals surface area contributed by atoms with Crippen molar-refractivity contribution in [3.05, 3.63) is 58.1 Å². The van der Waals surface area contributed by atoms with Gasteiger partial charge in [-0.15, -0.1) is 0 Å². The van der Waals surface area contributed by atoms with Crippen molar-refractivity contribution in [2.45, 2.75) is 20.8 Å². The van der Waals surface area contributed by atoms with Crippen LogP contribution in [0.15, 0.2) is 36.4 Å². The number of ether oxygens (including phenoxy) is 1. The predicted octanol–water partition coefficient (Wildman–Crippen LogP) is 5.06. The van der Waals surface area contributed by atoms with Gasteiger partial charge in [0.1, 0.15) is 11.5 Å². The Labute approximate surface area is 107 Å². The van der Waals surface area contributed by atoms with Crippen LogP contribution in [-0.4, -0.2) is 0 Å². The number of halogens is 1. The van der Waals surface area contributed by atoms with Gasteiger partial charge in [-0.25, -0.2) is 0 Å². The fourth-order valence-corrected chi connectivity index (χ4v) is 1.82. The van der Waals surface area contributed by atoms with Gasteiger partial charge in [0.15, 0.2) is 0 Å². The Balaban J connectivity index is 2.27. The number of hydrogen-bond donors (Lipinski definition) is 0. The molecule has 0 aromatic heterocycles. The molecule has 88 valence electrons. The molecular formula is C15H15ClO. The quantitative estimate of drug-likeness (QED) is 0.720. The molecule has 0 radical (unpaired) electrons. The lowest BCUT2D eigenvalue weighted by atomic mass is 10.1. The third-order valence-electron chi connectivity index (χ3n) is 2.67. The molecule has 2 rings (SSSR count). The Morgan fingerprint density at radius 3 is 1.88 bits per heavy atom. The average molecular weight is 247 g/mol. The van der Waals surface area contributed by atoms with Crippen LogP contribution in [0.25, 0.3) is 0 Å². The van der Waals surface area contributed by atoms with E-state index in [2.05, 4.69) is 6.92 Å². The van der Waals surface area contributed by atoms with E-state index < -0.39 is 0 Å². The Bertz CT molecular complexity index is 506. The molecule has 0 fully saturated rings. The molecule has 17 heavy (non-hydrogen) atoms. The number of benzene rings is 2. The molecule has 1 nitrogen and oxygen atoms in total. The molecule has 0 spiro atoms. The molecule has 0 atom stereocenters. The summed E-state index contributed by atoms with van der Waals surface area (Å²) in [4.78, 5) is 0. The Morgan fingerprint density at radius 1 is 0.824 bits per heavy atom. The normalized spacial score (nSPS) is 10.4. The predicted molar refractivity (Wildman–Crippen MR) is 72.2 cm³/mol. The van der Waals surface area contributed by atoms with E-state index in [9.17, 15) is 0 Å². The van der Waals surface area contributed by atoms with Crippen LogP contribution >= 0.6 is 11.6 Å². The van der Waals surface area contributed by atoms with Gasteiger partial charge >= 0.3 is 0 Å². The first-order chi connectivity index (χ1) is 8.06. The van der Waals surface area contributed by atoms with Crippen LogP contribution < -0.4 is 4.74 Å². The zero-order chi connectivity index (χ0) is 12.4. The van der Waals surface area contributed by atoms with Crippen molar-refractivity contribution in [2.24, 2.45) is 0 Å². The van der Waals surface area contributed by atoms with Gasteiger partial charge < -0.3 is 4.74 Å². The van der Waals surface area contributed by atoms with E-state index in [1.165, 1.54) is 5.56 Å². The second kappa shape index (κ2) is 4.80. The highest BCUT2D eigenvalue weighted by Crippen LogP contribution is 2.29. The van der Waals surface area contributed by atoms with E-state index in [0.717, 1.165) is 27.6 Å². The monoisotopic (exact) mass is 246 g/mol. The van der Waals surface area contributed by atoms with Crippen molar-refractivity contribution in [3.63, 3.8) is 0 Å². The summed E-state index contributed by atoms with van der Waals surface area (Å²) in [6, 6.07) is 11.9. The van der Waals surface area contributed by atoms with Gasteiger partial charge in [-0.3, -0.25) is 0 Å². The van der Waals surface area contributed by atoms with E-state index in [-0.39, 0.29) is 0 Å². The summed E-state index contributed by atoms with van der Waals surface area (Å²) in [7, 11) is 0. The summed E-state index contributed by atoms with van der Waals surface area (Å²) in [5.74, 6) is 1.67. The lowest BCUT2D eigenvalue weighted by molar-refractivity contribution is 0.482. The van der Waals surface area contributed by atoms with Crippen LogP contribution in [0.5, 0.6) is 11.5 Å². The van der Waals surface area contributed by atoms with E-state index in [1.807, 2.05) is 50.2 Å². The maximum atomic E-state index is 6.12. The molecule has 2 aromatic rings. The maximum Gasteiger partial charge on any atom is 0.128 e. The molecule has 0 aliphatic carbocycles. The number of hydrogen-bond acceptors (Lipinski definition) is 1. The summed E-state index contributed by atoms with van der Waals surface area (Å²) in [5, 5.41) is 0.807. The Morgan fingerprint density at radius 2 is 1.35 bits per heavy atom. The largest absolute Gasteiger partial charge is 0.457 e. The molecule has 0 N–H and O–H groups in total. The molecular weight excluding hydrogens is 232 g/mol. The molecule has 2 heteroatoms. The first-order valence-electron chi connectivity index (χ1n) is 5.57. The van der Waals surface area contributed by atoms with Gasteiger partial charge in [0.05, 0.1) is 0 Å². The Hall–Kier alpha value is -1.47. The average Bonchev–Trinajstić information content (AvgIpc) is 2.29. The van der Waals surface area contributed by atoms with Crippen LogP contribution in [-0.2, 0) is 0 Å². The van der Waals surface area contributed by atoms with Crippen molar-refractivity contribution in [2.75, 3.05) is 0 Å². The van der Waals surface area contributed by atoms with Gasteiger partial charge in [-0.05, 0) is 56.2 Å². The molecule has 0 unspecified atom stereocenters. The smallest absolute Gasteiger partial charge is 0.128 e. The van der Waals surface area contributed by atoms with Crippen LogP contribution in [0.3, 0.4) is 0 Å². The minimum absolute atomic E-state index is 0.807. The highest BCUT2D eigenvalue weighted by Gasteiger charge is 2.04. The lowest BCUT2D eigenvalue weighted by Gasteiger charge is -2.09. The van der Waals surface area contributed by atoms with Gasteiger partial charge in [0.2, 0.25) is 0 Å². The SMILES string of the molecule is Cc1ccc(Oc2cc(C)c(Cl)c(C)c2)cc1. The van der Waals surface area contributed by atoms with Crippen molar-refractivity contribution in [3.8, 4) is 11.5 Å². The third kappa shape index (κ3) is 2.80. The molecule has 0 amide bonds. The first kappa shape index (κ1) is 12.0. The highest BCUT2D eigenvalue weighted by atomic mass is 35.5. The minimum atomic E-state index is 0.807. The van der Waals surface area contributed by atoms with Crippen molar-refractivity contribution < 1.29 is 4.74 Å². The van der Waals surface area contributed by atoms with Gasteiger partial charge in [-0.2, -0.15) is 0 Å². The zero-order valence-corrected chi connectivity index (χ0v) is 11.0. The van der Waals surface area contributed by atoms with Crippen LogP contribution in [0.2, 0.25) is 5.02 Å². The summed E-state index contributed by atoms with van der Waals surface area (Å²) in [6.07, 6.45) is 0. The summed E-state index contributed by atoms with van der Waals surface area (Å²) < 4.78 is 5.79. The van der Waals surface area contributed by atoms with E-state index >= 15 is 0 Å². The third-order valence-corrected chi connectivity index (χ3v) is 3.26. The van der Waals surface area contributed by atoms with E-state index in [0.29, 0.717) is 0 Å². The van der Waals surface area contributed by atoms with Crippen molar-refractivity contribution in [1.82, 2.24) is 0 Å². The van der Waals surface area contributed by atoms with Crippen molar-refractivity contribution in [1.29, 1.82) is 0 Å². The zero-order valence-electron chi connectivity index (χ0n) is 10.3. The van der Waals surface area contributed by atoms with Crippen LogP contribution in [0.1, 0.15) is 16.7 Å². The summed E-state index contributed by atoms with van der Waals surface area (Å²) in [6.45, 7) is 6.02. The van der Waals surface area contributed by atoms with E-state index in [4.69, 9.17) is 16.3 Å². The standard InChI is InChI=1S/C15H15ClO/c1-10-4-6-13(7-5-10)17-14-8-11(2)15(16)12(3)9-14/h4-9H,1-3H3. The molecule has 0 heterocycles. The summed E-state index contributed by atoms with van der Waals surface area (Å²) in [5.41, 5.74) is 3.29. The second-order valence-electron chi connectivity index (χ2n) is 4.29. The number of aryl methyl sites for hydroxylation is 3. The number of rotatable bonds is 2. The Kier molecular flexibility index (Phi) is 3.39. The van der Waals surface area contributed by atoms with Gasteiger partial charge in [0.25, 0.3) is 0 Å². The molecule has 2 aromatic carbocycles. The highest BCUT2D eigenvalue weighted by molar-refractivity contribution is 6.32. The van der Waals surface area contributed by atoms with Gasteiger partial charge in [-0.1, -0.05) is 29.3 Å². The van der Waals surface area contributed by atoms with E-state index in [1.54, 1.807) is 0 Å². The van der Waals surface area contributed by atoms with Crippen LogP contribution in [0.4, 0.5) is 0 Å². The minimum Gasteiger partial charge on any atom is -0.457 e. The molecule has 0 saturated carbocycles. The maximum absolute atomic E-state index is 6.12. The second-order valence-corrected chi connectivity index (χ2v) is 4.66. The molecule has 0 bridgehead atoms.